The zero-order valence-electron chi connectivity index (χ0n) is 12.4. The van der Waals surface area contributed by atoms with E-state index in [2.05, 4.69) is 37.8 Å². The van der Waals surface area contributed by atoms with Crippen LogP contribution in [0, 0.1) is 5.92 Å². The van der Waals surface area contributed by atoms with Gasteiger partial charge in [-0.1, -0.05) is 26.7 Å². The molecule has 0 aromatic carbocycles. The second kappa shape index (κ2) is 8.44. The molecule has 18 heavy (non-hydrogen) atoms. The van der Waals surface area contributed by atoms with Gasteiger partial charge in [-0.15, -0.1) is 0 Å². The van der Waals surface area contributed by atoms with Crippen molar-refractivity contribution in [2.24, 2.45) is 5.92 Å². The van der Waals surface area contributed by atoms with Crippen LogP contribution in [-0.2, 0) is 0 Å². The van der Waals surface area contributed by atoms with E-state index in [0.29, 0.717) is 0 Å². The Hall–Kier alpha value is 0.270. The summed E-state index contributed by atoms with van der Waals surface area (Å²) in [6, 6.07) is 0. The van der Waals surface area contributed by atoms with Crippen molar-refractivity contribution in [3.05, 3.63) is 0 Å². The van der Waals surface area contributed by atoms with Crippen LogP contribution in [-0.4, -0.2) is 34.8 Å². The van der Waals surface area contributed by atoms with Crippen LogP contribution in [0.2, 0.25) is 0 Å². The van der Waals surface area contributed by atoms with Crippen LogP contribution in [0.4, 0.5) is 0 Å². The molecule has 0 spiro atoms. The molecule has 0 amide bonds. The Balaban J connectivity index is 2.21. The molecule has 0 aromatic heterocycles. The van der Waals surface area contributed by atoms with Crippen LogP contribution in [0.1, 0.15) is 59.3 Å². The largest absolute Gasteiger partial charge is 0.394 e. The van der Waals surface area contributed by atoms with Crippen LogP contribution in [0.3, 0.4) is 0 Å². The smallest absolute Gasteiger partial charge is 0.0610 e. The van der Waals surface area contributed by atoms with Gasteiger partial charge in [0.2, 0.25) is 0 Å². The average molecular weight is 273 g/mol. The number of thioether (sulfide) groups is 1. The molecule has 108 valence electrons. The van der Waals surface area contributed by atoms with E-state index in [4.69, 9.17) is 0 Å². The van der Waals surface area contributed by atoms with Gasteiger partial charge < -0.3 is 10.4 Å². The number of hydrogen-bond donors (Lipinski definition) is 2. The summed E-state index contributed by atoms with van der Waals surface area (Å²) in [5.74, 6) is 2.09. The molecule has 0 radical (unpaired) electrons. The third-order valence-corrected chi connectivity index (χ3v) is 5.39. The SMILES string of the molecule is CCCNC(C)(CO)CCSC1CCCC(C)C1. The van der Waals surface area contributed by atoms with Crippen molar-refractivity contribution in [3.63, 3.8) is 0 Å². The Morgan fingerprint density at radius 1 is 1.39 bits per heavy atom. The van der Waals surface area contributed by atoms with Gasteiger partial charge in [0.25, 0.3) is 0 Å². The monoisotopic (exact) mass is 273 g/mol. The summed E-state index contributed by atoms with van der Waals surface area (Å²) in [7, 11) is 0. The number of aliphatic hydroxyl groups excluding tert-OH is 1. The van der Waals surface area contributed by atoms with E-state index in [0.717, 1.165) is 30.6 Å². The highest BCUT2D eigenvalue weighted by atomic mass is 32.2. The minimum absolute atomic E-state index is 0.0801. The lowest BCUT2D eigenvalue weighted by Gasteiger charge is -2.31. The highest BCUT2D eigenvalue weighted by molar-refractivity contribution is 7.99. The first-order valence-electron chi connectivity index (χ1n) is 7.57. The van der Waals surface area contributed by atoms with E-state index in [9.17, 15) is 5.11 Å². The molecule has 3 atom stereocenters. The summed E-state index contributed by atoms with van der Waals surface area (Å²) in [5.41, 5.74) is -0.0801. The van der Waals surface area contributed by atoms with Crippen molar-refractivity contribution in [1.82, 2.24) is 5.32 Å². The maximum atomic E-state index is 9.52. The van der Waals surface area contributed by atoms with Gasteiger partial charge in [-0.2, -0.15) is 11.8 Å². The number of aliphatic hydroxyl groups is 1. The second-order valence-corrected chi connectivity index (χ2v) is 7.57. The minimum atomic E-state index is -0.0801. The highest BCUT2D eigenvalue weighted by Crippen LogP contribution is 2.32. The first kappa shape index (κ1) is 16.3. The molecule has 3 unspecified atom stereocenters. The molecule has 1 aliphatic rings. The molecule has 2 N–H and O–H groups in total. The summed E-state index contributed by atoms with van der Waals surface area (Å²) in [6.07, 6.45) is 7.81. The third kappa shape index (κ3) is 5.94. The van der Waals surface area contributed by atoms with Crippen molar-refractivity contribution in [2.75, 3.05) is 18.9 Å². The van der Waals surface area contributed by atoms with Crippen LogP contribution >= 0.6 is 11.8 Å². The summed E-state index contributed by atoms with van der Waals surface area (Å²) < 4.78 is 0. The Bertz CT molecular complexity index is 225. The van der Waals surface area contributed by atoms with Crippen LogP contribution in [0.25, 0.3) is 0 Å². The first-order chi connectivity index (χ1) is 8.59. The molecule has 3 heteroatoms. The van der Waals surface area contributed by atoms with Gasteiger partial charge in [0, 0.05) is 10.8 Å². The Kier molecular flexibility index (Phi) is 7.66. The van der Waals surface area contributed by atoms with E-state index in [1.165, 1.54) is 31.4 Å². The highest BCUT2D eigenvalue weighted by Gasteiger charge is 2.24. The maximum Gasteiger partial charge on any atom is 0.0610 e. The zero-order valence-corrected chi connectivity index (χ0v) is 13.2. The zero-order chi connectivity index (χ0) is 13.4. The van der Waals surface area contributed by atoms with Crippen LogP contribution < -0.4 is 5.32 Å². The Morgan fingerprint density at radius 2 is 2.17 bits per heavy atom. The van der Waals surface area contributed by atoms with E-state index < -0.39 is 0 Å². The Labute approximate surface area is 117 Å². The van der Waals surface area contributed by atoms with Crippen molar-refractivity contribution >= 4 is 11.8 Å². The van der Waals surface area contributed by atoms with Crippen LogP contribution in [0.15, 0.2) is 0 Å². The molecule has 0 aliphatic heterocycles. The fraction of sp³-hybridized carbons (Fsp3) is 1.00. The minimum Gasteiger partial charge on any atom is -0.394 e. The fourth-order valence-corrected chi connectivity index (χ4v) is 4.33. The number of hydrogen-bond acceptors (Lipinski definition) is 3. The molecule has 0 saturated heterocycles. The lowest BCUT2D eigenvalue weighted by molar-refractivity contribution is 0.171. The molecule has 1 saturated carbocycles. The summed E-state index contributed by atoms with van der Waals surface area (Å²) in [5, 5.41) is 13.9. The molecule has 1 rings (SSSR count). The summed E-state index contributed by atoms with van der Waals surface area (Å²) in [6.45, 7) is 7.94. The molecule has 1 fully saturated rings. The topological polar surface area (TPSA) is 32.3 Å². The van der Waals surface area contributed by atoms with E-state index in [1.54, 1.807) is 0 Å². The second-order valence-electron chi connectivity index (χ2n) is 6.16. The van der Waals surface area contributed by atoms with Crippen molar-refractivity contribution in [1.29, 1.82) is 0 Å². The molecule has 0 bridgehead atoms. The fourth-order valence-electron chi connectivity index (χ4n) is 2.63. The maximum absolute atomic E-state index is 9.52. The predicted octanol–water partition coefficient (Wildman–Crippen LogP) is 3.44. The third-order valence-electron chi connectivity index (χ3n) is 4.05. The number of nitrogens with one attached hydrogen (secondary N) is 1. The Morgan fingerprint density at radius 3 is 2.78 bits per heavy atom. The van der Waals surface area contributed by atoms with Gasteiger partial charge in [-0.25, -0.2) is 0 Å². The first-order valence-corrected chi connectivity index (χ1v) is 8.62. The molecule has 0 heterocycles. The standard InChI is InChI=1S/C15H31NOS/c1-4-9-16-15(3,12-17)8-10-18-14-7-5-6-13(2)11-14/h13-14,16-17H,4-12H2,1-3H3. The molecule has 0 aromatic rings. The lowest BCUT2D eigenvalue weighted by atomic mass is 9.91. The van der Waals surface area contributed by atoms with E-state index in [-0.39, 0.29) is 12.1 Å². The predicted molar refractivity (Wildman–Crippen MR) is 82.3 cm³/mol. The van der Waals surface area contributed by atoms with E-state index >= 15 is 0 Å². The van der Waals surface area contributed by atoms with Gasteiger partial charge in [0.15, 0.2) is 0 Å². The van der Waals surface area contributed by atoms with E-state index in [1.807, 2.05) is 0 Å². The van der Waals surface area contributed by atoms with Gasteiger partial charge in [0.05, 0.1) is 6.61 Å². The van der Waals surface area contributed by atoms with Gasteiger partial charge in [-0.05, 0) is 50.8 Å². The quantitative estimate of drug-likeness (QED) is 0.710. The van der Waals surface area contributed by atoms with Gasteiger partial charge in [0.1, 0.15) is 0 Å². The van der Waals surface area contributed by atoms with Crippen molar-refractivity contribution in [2.45, 2.75) is 70.1 Å². The lowest BCUT2D eigenvalue weighted by Crippen LogP contribution is -2.46. The van der Waals surface area contributed by atoms with Gasteiger partial charge in [-0.3, -0.25) is 0 Å². The average Bonchev–Trinajstić information content (AvgIpc) is 2.36. The molecular formula is C15H31NOS. The summed E-state index contributed by atoms with van der Waals surface area (Å²) >= 11 is 2.13. The van der Waals surface area contributed by atoms with Crippen molar-refractivity contribution < 1.29 is 5.11 Å². The molecule has 1 aliphatic carbocycles. The summed E-state index contributed by atoms with van der Waals surface area (Å²) in [4.78, 5) is 0. The molecule has 2 nitrogen and oxygen atoms in total. The van der Waals surface area contributed by atoms with Crippen LogP contribution in [0.5, 0.6) is 0 Å². The molecular weight excluding hydrogens is 242 g/mol. The van der Waals surface area contributed by atoms with Crippen molar-refractivity contribution in [3.8, 4) is 0 Å². The van der Waals surface area contributed by atoms with Gasteiger partial charge >= 0.3 is 0 Å². The normalized spacial score (nSPS) is 28.0. The number of rotatable bonds is 8.